The molecular weight excluding hydrogens is 218 g/mol. The minimum absolute atomic E-state index is 0.571. The average Bonchev–Trinajstić information content (AvgIpc) is 2.30. The minimum atomic E-state index is 0.571. The number of ether oxygens (including phenoxy) is 2. The van der Waals surface area contributed by atoms with E-state index in [0.29, 0.717) is 11.5 Å². The summed E-state index contributed by atoms with van der Waals surface area (Å²) in [6.45, 7) is 3.52. The van der Waals surface area contributed by atoms with E-state index in [1.807, 2.05) is 0 Å². The van der Waals surface area contributed by atoms with Gasteiger partial charge in [0.15, 0.2) is 17.7 Å². The van der Waals surface area contributed by atoms with Crippen molar-refractivity contribution in [2.45, 2.75) is 0 Å². The maximum Gasteiger partial charge on any atom is 0.182 e. The summed E-state index contributed by atoms with van der Waals surface area (Å²) in [5.41, 5.74) is 4.19. The van der Waals surface area contributed by atoms with E-state index in [0.717, 1.165) is 15.9 Å². The molecule has 0 saturated carbocycles. The van der Waals surface area contributed by atoms with Crippen LogP contribution in [0.1, 0.15) is 11.1 Å². The van der Waals surface area contributed by atoms with Crippen molar-refractivity contribution in [3.8, 4) is 11.5 Å². The first kappa shape index (κ1) is 12.9. The second-order valence-corrected chi connectivity index (χ2v) is 3.36. The smallest absolute Gasteiger partial charge is 0.182 e. The number of benzene rings is 1. The molecule has 90 valence electrons. The van der Waals surface area contributed by atoms with Crippen LogP contribution in [-0.2, 0) is 0 Å². The Morgan fingerprint density at radius 3 is 2.18 bits per heavy atom. The maximum absolute atomic E-state index is 11.1. The lowest BCUT2D eigenvalue weighted by Gasteiger charge is -2.10. The van der Waals surface area contributed by atoms with Crippen LogP contribution in [0.25, 0.3) is 6.08 Å². The monoisotopic (exact) mass is 233 g/mol. The van der Waals surface area contributed by atoms with Gasteiger partial charge in [0, 0.05) is 0 Å². The standard InChI is InChI=1S/C13H15NO3/c1-5-6-10-7-12(16-3)13(17-4)8-11(10)9-14(2)15/h6-9H,1H2,2-4H3/b14-9-. The third-order valence-corrected chi connectivity index (χ3v) is 2.17. The SMILES string of the molecule is C=C=Cc1cc(OC)c(OC)cc1/C=[N+](/C)[O-]. The molecule has 0 amide bonds. The quantitative estimate of drug-likeness (QED) is 0.263. The van der Waals surface area contributed by atoms with Crippen molar-refractivity contribution in [1.29, 1.82) is 0 Å². The van der Waals surface area contributed by atoms with Gasteiger partial charge >= 0.3 is 0 Å². The van der Waals surface area contributed by atoms with E-state index < -0.39 is 0 Å². The number of methoxy groups -OCH3 is 2. The summed E-state index contributed by atoms with van der Waals surface area (Å²) in [5.74, 6) is 1.17. The van der Waals surface area contributed by atoms with Gasteiger partial charge in [-0.1, -0.05) is 6.58 Å². The van der Waals surface area contributed by atoms with Crippen LogP contribution in [0, 0.1) is 5.21 Å². The topological polar surface area (TPSA) is 44.5 Å². The Balaban J connectivity index is 3.45. The zero-order valence-corrected chi connectivity index (χ0v) is 10.2. The van der Waals surface area contributed by atoms with Gasteiger partial charge in [-0.15, -0.1) is 5.73 Å². The number of rotatable bonds is 4. The third-order valence-electron chi connectivity index (χ3n) is 2.17. The molecule has 1 aromatic rings. The van der Waals surface area contributed by atoms with Gasteiger partial charge in [0.05, 0.1) is 19.8 Å². The van der Waals surface area contributed by atoms with Crippen LogP contribution in [0.2, 0.25) is 0 Å². The summed E-state index contributed by atoms with van der Waals surface area (Å²) in [6, 6.07) is 3.50. The molecule has 1 rings (SSSR count). The maximum atomic E-state index is 11.1. The Labute approximate surface area is 101 Å². The van der Waals surface area contributed by atoms with Crippen molar-refractivity contribution in [3.63, 3.8) is 0 Å². The molecule has 17 heavy (non-hydrogen) atoms. The predicted octanol–water partition coefficient (Wildman–Crippen LogP) is 2.06. The van der Waals surface area contributed by atoms with Crippen molar-refractivity contribution >= 4 is 12.3 Å². The molecule has 0 bridgehead atoms. The molecule has 0 N–H and O–H groups in total. The van der Waals surface area contributed by atoms with Gasteiger partial charge in [0.1, 0.15) is 7.05 Å². The zero-order valence-electron chi connectivity index (χ0n) is 10.2. The molecule has 0 fully saturated rings. The molecule has 0 heterocycles. The van der Waals surface area contributed by atoms with Crippen molar-refractivity contribution < 1.29 is 14.2 Å². The average molecular weight is 233 g/mol. The van der Waals surface area contributed by atoms with Crippen molar-refractivity contribution in [2.75, 3.05) is 21.3 Å². The summed E-state index contributed by atoms with van der Waals surface area (Å²) in [6.07, 6.45) is 3.13. The highest BCUT2D eigenvalue weighted by Gasteiger charge is 2.09. The number of hydroxylamine groups is 1. The van der Waals surface area contributed by atoms with Gasteiger partial charge < -0.3 is 14.7 Å². The number of hydrogen-bond donors (Lipinski definition) is 0. The van der Waals surface area contributed by atoms with E-state index in [2.05, 4.69) is 12.3 Å². The molecule has 1 aromatic carbocycles. The van der Waals surface area contributed by atoms with Crippen molar-refractivity contribution in [3.05, 3.63) is 40.8 Å². The lowest BCUT2D eigenvalue weighted by molar-refractivity contribution is -0.416. The lowest BCUT2D eigenvalue weighted by atomic mass is 10.1. The number of hydrogen-bond acceptors (Lipinski definition) is 3. The zero-order chi connectivity index (χ0) is 12.8. The van der Waals surface area contributed by atoms with Crippen LogP contribution in [-0.4, -0.2) is 32.2 Å². The Morgan fingerprint density at radius 2 is 1.76 bits per heavy atom. The Hall–Kier alpha value is -2.19. The van der Waals surface area contributed by atoms with Crippen LogP contribution in [0.4, 0.5) is 0 Å². The summed E-state index contributed by atoms with van der Waals surface area (Å²) in [5, 5.41) is 11.1. The molecule has 0 radical (unpaired) electrons. The van der Waals surface area contributed by atoms with Crippen LogP contribution < -0.4 is 9.47 Å². The Kier molecular flexibility index (Phi) is 4.37. The minimum Gasteiger partial charge on any atom is -0.624 e. The molecule has 0 aliphatic heterocycles. The highest BCUT2D eigenvalue weighted by atomic mass is 16.5. The normalized spacial score (nSPS) is 10.6. The van der Waals surface area contributed by atoms with Gasteiger partial charge in [0.2, 0.25) is 0 Å². The van der Waals surface area contributed by atoms with E-state index in [9.17, 15) is 5.21 Å². The largest absolute Gasteiger partial charge is 0.624 e. The van der Waals surface area contributed by atoms with Crippen LogP contribution in [0.3, 0.4) is 0 Å². The fourth-order valence-electron chi connectivity index (χ4n) is 1.45. The second kappa shape index (κ2) is 5.77. The van der Waals surface area contributed by atoms with E-state index >= 15 is 0 Å². The molecule has 0 unspecified atom stereocenters. The summed E-state index contributed by atoms with van der Waals surface area (Å²) >= 11 is 0. The fourth-order valence-corrected chi connectivity index (χ4v) is 1.45. The van der Waals surface area contributed by atoms with Crippen molar-refractivity contribution in [1.82, 2.24) is 0 Å². The van der Waals surface area contributed by atoms with E-state index in [1.165, 1.54) is 13.3 Å². The first-order valence-electron chi connectivity index (χ1n) is 4.99. The van der Waals surface area contributed by atoms with Crippen molar-refractivity contribution in [2.24, 2.45) is 0 Å². The van der Waals surface area contributed by atoms with Gasteiger partial charge in [0.25, 0.3) is 0 Å². The molecular formula is C13H15NO3. The highest BCUT2D eigenvalue weighted by molar-refractivity contribution is 5.84. The Bertz CT molecular complexity index is 482. The van der Waals surface area contributed by atoms with Gasteiger partial charge in [-0.2, -0.15) is 0 Å². The van der Waals surface area contributed by atoms with E-state index in [4.69, 9.17) is 9.47 Å². The van der Waals surface area contributed by atoms with Gasteiger partial charge in [-0.25, -0.2) is 4.74 Å². The molecule has 4 nitrogen and oxygen atoms in total. The molecule has 0 atom stereocenters. The molecule has 0 spiro atoms. The summed E-state index contributed by atoms with van der Waals surface area (Å²) < 4.78 is 11.1. The summed E-state index contributed by atoms with van der Waals surface area (Å²) in [7, 11) is 4.52. The highest BCUT2D eigenvalue weighted by Crippen LogP contribution is 2.30. The van der Waals surface area contributed by atoms with Crippen LogP contribution in [0.5, 0.6) is 11.5 Å². The van der Waals surface area contributed by atoms with Gasteiger partial charge in [-0.05, 0) is 23.8 Å². The van der Waals surface area contributed by atoms with Gasteiger partial charge in [-0.3, -0.25) is 0 Å². The van der Waals surface area contributed by atoms with E-state index in [-0.39, 0.29) is 0 Å². The molecule has 4 heteroatoms. The fraction of sp³-hybridized carbons (Fsp3) is 0.231. The number of nitrogens with zero attached hydrogens (tertiary/aromatic N) is 1. The first-order chi connectivity index (χ1) is 8.12. The first-order valence-corrected chi connectivity index (χ1v) is 4.99. The molecule has 0 aliphatic rings. The third kappa shape index (κ3) is 3.13. The molecule has 0 aliphatic carbocycles. The Morgan fingerprint density at radius 1 is 1.24 bits per heavy atom. The van der Waals surface area contributed by atoms with Crippen LogP contribution in [0.15, 0.2) is 24.4 Å². The van der Waals surface area contributed by atoms with E-state index in [1.54, 1.807) is 32.4 Å². The predicted molar refractivity (Wildman–Crippen MR) is 67.9 cm³/mol. The summed E-state index contributed by atoms with van der Waals surface area (Å²) in [4.78, 5) is 0. The molecule has 0 saturated heterocycles. The molecule has 0 aromatic heterocycles. The second-order valence-electron chi connectivity index (χ2n) is 3.36. The lowest BCUT2D eigenvalue weighted by Crippen LogP contribution is -2.01. The van der Waals surface area contributed by atoms with Crippen LogP contribution >= 0.6 is 0 Å².